The highest BCUT2D eigenvalue weighted by Crippen LogP contribution is 2.46. The quantitative estimate of drug-likeness (QED) is 0.274. The highest BCUT2D eigenvalue weighted by atomic mass is 32.2. The summed E-state index contributed by atoms with van der Waals surface area (Å²) in [5, 5.41) is 11.0. The summed E-state index contributed by atoms with van der Waals surface area (Å²) < 4.78 is 34.8. The first kappa shape index (κ1) is 35.3. The Morgan fingerprint density at radius 1 is 0.962 bits per heavy atom. The van der Waals surface area contributed by atoms with Gasteiger partial charge in [0.05, 0.1) is 17.5 Å². The Morgan fingerprint density at radius 3 is 2.53 bits per heavy atom. The lowest BCUT2D eigenvalue weighted by atomic mass is 10.0. The second kappa shape index (κ2) is 13.9. The highest BCUT2D eigenvalue weighted by molar-refractivity contribution is 7.91. The molecular weight excluding hydrogens is 703 g/mol. The van der Waals surface area contributed by atoms with Crippen molar-refractivity contribution in [2.75, 3.05) is 6.54 Å². The lowest BCUT2D eigenvalue weighted by molar-refractivity contribution is -0.141. The van der Waals surface area contributed by atoms with Gasteiger partial charge in [-0.2, -0.15) is 5.10 Å². The number of benzene rings is 1. The fourth-order valence-electron chi connectivity index (χ4n) is 8.30. The first-order valence-corrected chi connectivity index (χ1v) is 20.4. The van der Waals surface area contributed by atoms with Gasteiger partial charge in [0.2, 0.25) is 21.8 Å². The zero-order chi connectivity index (χ0) is 36.9. The number of sulfonamides is 1. The van der Waals surface area contributed by atoms with Crippen LogP contribution in [0.3, 0.4) is 0 Å². The van der Waals surface area contributed by atoms with Gasteiger partial charge in [-0.15, -0.1) is 0 Å². The smallest absolute Gasteiger partial charge is 0.408 e. The molecule has 3 saturated carbocycles. The van der Waals surface area contributed by atoms with Crippen LogP contribution in [0, 0.1) is 5.92 Å². The molecule has 0 spiro atoms. The van der Waals surface area contributed by atoms with E-state index >= 15 is 0 Å². The van der Waals surface area contributed by atoms with Crippen LogP contribution in [-0.2, 0) is 29.1 Å². The molecule has 1 aromatic carbocycles. The number of rotatable bonds is 6. The summed E-state index contributed by atoms with van der Waals surface area (Å²) >= 11 is 0. The number of fused-ring (bicyclic) bond motifs is 5. The maximum Gasteiger partial charge on any atom is 0.408 e. The highest BCUT2D eigenvalue weighted by Gasteiger charge is 2.62. The molecule has 4 fully saturated rings. The topological polar surface area (TPSA) is 202 Å². The molecule has 2 aromatic heterocycles. The van der Waals surface area contributed by atoms with Crippen LogP contribution in [0.15, 0.2) is 47.4 Å². The van der Waals surface area contributed by atoms with Crippen LogP contribution < -0.4 is 20.9 Å². The first-order valence-electron chi connectivity index (χ1n) is 18.8. The van der Waals surface area contributed by atoms with Crippen LogP contribution in [0.25, 0.3) is 21.8 Å². The van der Waals surface area contributed by atoms with Gasteiger partial charge in [0, 0.05) is 35.2 Å². The summed E-state index contributed by atoms with van der Waals surface area (Å²) in [4.78, 5) is 74.2. The zero-order valence-electron chi connectivity index (χ0n) is 29.4. The van der Waals surface area contributed by atoms with E-state index in [0.29, 0.717) is 43.0 Å². The molecule has 4 heterocycles. The maximum absolute atomic E-state index is 14.5. The molecule has 2 unspecified atom stereocenters. The zero-order valence-corrected chi connectivity index (χ0v) is 30.2. The van der Waals surface area contributed by atoms with Crippen LogP contribution in [0.4, 0.5) is 4.79 Å². The lowest BCUT2D eigenvalue weighted by Gasteiger charge is -2.30. The van der Waals surface area contributed by atoms with E-state index in [1.807, 2.05) is 36.4 Å². The van der Waals surface area contributed by atoms with E-state index in [9.17, 15) is 32.4 Å². The molecule has 2 aliphatic heterocycles. The number of hydrogen-bond acceptors (Lipinski definition) is 9. The second-order valence-electron chi connectivity index (χ2n) is 15.3. The molecule has 282 valence electrons. The number of carbonyl (C=O) groups is 4. The fraction of sp³-hybridized carbons (Fsp3) is 0.568. The molecule has 15 nitrogen and oxygen atoms in total. The van der Waals surface area contributed by atoms with Crippen molar-refractivity contribution in [1.29, 1.82) is 0 Å². The summed E-state index contributed by atoms with van der Waals surface area (Å²) in [6, 6.07) is 4.60. The van der Waals surface area contributed by atoms with E-state index in [-0.39, 0.29) is 25.5 Å². The average Bonchev–Trinajstić information content (AvgIpc) is 3.93. The summed E-state index contributed by atoms with van der Waals surface area (Å²) in [6.07, 6.45) is 12.2. The van der Waals surface area contributed by atoms with Gasteiger partial charge in [-0.1, -0.05) is 43.2 Å². The summed E-state index contributed by atoms with van der Waals surface area (Å²) in [6.45, 7) is -0.0655. The molecule has 4 N–H and O–H groups in total. The van der Waals surface area contributed by atoms with Crippen molar-refractivity contribution in [3.63, 3.8) is 0 Å². The van der Waals surface area contributed by atoms with E-state index in [1.54, 1.807) is 6.20 Å². The number of hydrogen-bond donors (Lipinski definition) is 4. The van der Waals surface area contributed by atoms with Gasteiger partial charge in [0.1, 0.15) is 29.2 Å². The van der Waals surface area contributed by atoms with E-state index in [0.717, 1.165) is 49.4 Å². The molecule has 0 bridgehead atoms. The molecule has 4 amide bonds. The van der Waals surface area contributed by atoms with Crippen LogP contribution in [0.2, 0.25) is 0 Å². The molecule has 5 aliphatic rings. The molecule has 0 radical (unpaired) electrons. The number of nitrogens with one attached hydrogen (secondary N) is 4. The summed E-state index contributed by atoms with van der Waals surface area (Å²) in [5.41, 5.74) is -0.825. The fourth-order valence-corrected chi connectivity index (χ4v) is 9.67. The van der Waals surface area contributed by atoms with Crippen molar-refractivity contribution in [3.05, 3.63) is 53.0 Å². The van der Waals surface area contributed by atoms with Gasteiger partial charge in [0.25, 0.3) is 11.5 Å². The van der Waals surface area contributed by atoms with Crippen molar-refractivity contribution in [1.82, 2.24) is 35.0 Å². The van der Waals surface area contributed by atoms with E-state index < -0.39 is 74.2 Å². The van der Waals surface area contributed by atoms with Gasteiger partial charge in [-0.25, -0.2) is 17.9 Å². The van der Waals surface area contributed by atoms with Gasteiger partial charge in [-0.3, -0.25) is 23.9 Å². The number of nitrogens with zero attached hydrogens (tertiary/aromatic N) is 3. The van der Waals surface area contributed by atoms with Crippen molar-refractivity contribution in [3.8, 4) is 0 Å². The van der Waals surface area contributed by atoms with E-state index in [2.05, 4.69) is 25.4 Å². The van der Waals surface area contributed by atoms with Crippen molar-refractivity contribution in [2.45, 2.75) is 118 Å². The van der Waals surface area contributed by atoms with Gasteiger partial charge in [0.15, 0.2) is 0 Å². The molecule has 1 saturated heterocycles. The first-order chi connectivity index (χ1) is 25.5. The number of ether oxygens (including phenoxy) is 1. The van der Waals surface area contributed by atoms with Crippen molar-refractivity contribution < 1.29 is 32.3 Å². The van der Waals surface area contributed by atoms with E-state index in [4.69, 9.17) is 4.74 Å². The minimum absolute atomic E-state index is 0.00592. The lowest BCUT2D eigenvalue weighted by Crippen LogP contribution is -2.58. The maximum atomic E-state index is 14.5. The second-order valence-corrected chi connectivity index (χ2v) is 17.2. The number of aromatic amines is 1. The minimum atomic E-state index is -3.90. The number of H-pyrrole nitrogens is 1. The molecule has 53 heavy (non-hydrogen) atoms. The third kappa shape index (κ3) is 6.93. The Labute approximate surface area is 306 Å². The van der Waals surface area contributed by atoms with Crippen LogP contribution in [0.1, 0.15) is 89.5 Å². The van der Waals surface area contributed by atoms with Crippen molar-refractivity contribution in [2.24, 2.45) is 5.92 Å². The number of amides is 4. The predicted octanol–water partition coefficient (Wildman–Crippen LogP) is 3.06. The predicted molar refractivity (Wildman–Crippen MR) is 194 cm³/mol. The largest absolute Gasteiger partial charge is 0.446 e. The normalized spacial score (nSPS) is 29.1. The summed E-state index contributed by atoms with van der Waals surface area (Å²) in [5.74, 6) is -2.41. The monoisotopic (exact) mass is 747 g/mol. The number of carbonyl (C=O) groups excluding carboxylic acids is 4. The van der Waals surface area contributed by atoms with Crippen LogP contribution in [-0.4, -0.2) is 87.4 Å². The molecule has 5 atom stereocenters. The Hall–Kier alpha value is -4.73. The van der Waals surface area contributed by atoms with Gasteiger partial charge in [-0.05, 0) is 70.3 Å². The number of allylic oxidation sites excluding steroid dienone is 1. The number of alkyl carbamates (subject to hydrolysis) is 1. The standard InChI is InChI=1S/C37H45N7O8S/c45-32-30-18-23(44-34(47)31-27(20-38-44)26-13-8-9-14-28(26)39-31)21-43(30)33(46)29(40-36(49)52-24-11-6-7-12-24)15-5-3-1-2-4-10-22-19-37(22,41-32)35(48)42-53(50,51)25-16-17-25/h4,8-10,13-14,20,22-25,29-30,39H,1-3,5-7,11-12,15-19,21H2,(H,40,49)(H,41,45)(H,42,48)/b10-4-/t22-,23?,29+,30+,37?/m1/s1. The molecule has 8 rings (SSSR count). The SMILES string of the molecule is O=C(N[C@H]1CCCCC/C=C\[C@@H]2CC2(C(=O)NS(=O)(=O)C2CC2)NC(=O)[C@@H]2CC(n3ncc4c([nH]c5ccccc54)c3=O)CN2C1=O)OC1CCCC1. The summed E-state index contributed by atoms with van der Waals surface area (Å²) in [7, 11) is -3.90. The third-order valence-electron chi connectivity index (χ3n) is 11.6. The Morgan fingerprint density at radius 2 is 1.74 bits per heavy atom. The van der Waals surface area contributed by atoms with Gasteiger partial charge >= 0.3 is 6.09 Å². The van der Waals surface area contributed by atoms with Gasteiger partial charge < -0.3 is 25.3 Å². The minimum Gasteiger partial charge on any atom is -0.446 e. The Balaban J connectivity index is 1.12. The molecule has 3 aromatic rings. The van der Waals surface area contributed by atoms with Crippen molar-refractivity contribution >= 4 is 55.6 Å². The van der Waals surface area contributed by atoms with Crippen LogP contribution in [0.5, 0.6) is 0 Å². The average molecular weight is 748 g/mol. The molecule has 16 heteroatoms. The van der Waals surface area contributed by atoms with E-state index in [1.165, 1.54) is 9.58 Å². The Bertz CT molecular complexity index is 2150. The number of para-hydroxylation sites is 1. The van der Waals surface area contributed by atoms with Crippen LogP contribution >= 0.6 is 0 Å². The number of aromatic nitrogens is 3. The third-order valence-corrected chi connectivity index (χ3v) is 13.4. The molecule has 3 aliphatic carbocycles. The Kier molecular flexibility index (Phi) is 9.27. The molecular formula is C37H45N7O8S.